The van der Waals surface area contributed by atoms with E-state index in [0.29, 0.717) is 25.0 Å². The molecule has 1 heterocycles. The van der Waals surface area contributed by atoms with Gasteiger partial charge in [-0.2, -0.15) is 0 Å². The van der Waals surface area contributed by atoms with Crippen LogP contribution in [0, 0.1) is 0 Å². The fraction of sp³-hybridized carbons (Fsp3) is 0.429. The third-order valence-corrected chi connectivity index (χ3v) is 5.42. The average molecular weight is 354 g/mol. The molecule has 1 saturated carbocycles. The Balaban J connectivity index is 1.53. The molecule has 1 fully saturated rings. The maximum atomic E-state index is 12.5. The van der Waals surface area contributed by atoms with Crippen LogP contribution in [0.1, 0.15) is 43.4 Å². The fourth-order valence-electron chi connectivity index (χ4n) is 3.66. The molecule has 5 heteroatoms. The lowest BCUT2D eigenvalue weighted by molar-refractivity contribution is -0.134. The zero-order valence-electron chi connectivity index (χ0n) is 15.1. The molecule has 1 aliphatic rings. The highest BCUT2D eigenvalue weighted by atomic mass is 16.3. The summed E-state index contributed by atoms with van der Waals surface area (Å²) >= 11 is 0. The van der Waals surface area contributed by atoms with E-state index >= 15 is 0 Å². The Bertz CT molecular complexity index is 723. The van der Waals surface area contributed by atoms with Crippen LogP contribution in [-0.2, 0) is 16.8 Å². The second-order valence-electron chi connectivity index (χ2n) is 7.15. The number of amides is 1. The lowest BCUT2D eigenvalue weighted by atomic mass is 9.79. The number of pyridine rings is 1. The van der Waals surface area contributed by atoms with Gasteiger partial charge in [0.15, 0.2) is 0 Å². The Morgan fingerprint density at radius 2 is 1.88 bits per heavy atom. The van der Waals surface area contributed by atoms with E-state index in [1.165, 1.54) is 11.8 Å². The van der Waals surface area contributed by atoms with E-state index < -0.39 is 5.60 Å². The zero-order chi connectivity index (χ0) is 18.6. The molecule has 0 radical (unpaired) electrons. The van der Waals surface area contributed by atoms with Crippen molar-refractivity contribution in [2.24, 2.45) is 0 Å². The second-order valence-corrected chi connectivity index (χ2v) is 7.15. The molecule has 0 spiro atoms. The molecular weight excluding hydrogens is 328 g/mol. The number of rotatable bonds is 5. The van der Waals surface area contributed by atoms with Crippen LogP contribution in [0.4, 0.5) is 0 Å². The maximum absolute atomic E-state index is 12.5. The van der Waals surface area contributed by atoms with Gasteiger partial charge in [-0.05, 0) is 49.8 Å². The van der Waals surface area contributed by atoms with Gasteiger partial charge in [-0.1, -0.05) is 30.3 Å². The van der Waals surface area contributed by atoms with E-state index in [1.54, 1.807) is 12.1 Å². The molecule has 26 heavy (non-hydrogen) atoms. The number of benzene rings is 1. The number of hydrogen-bond acceptors (Lipinski definition) is 4. The number of aromatic hydroxyl groups is 1. The van der Waals surface area contributed by atoms with Crippen LogP contribution in [-0.4, -0.2) is 39.1 Å². The summed E-state index contributed by atoms with van der Waals surface area (Å²) in [7, 11) is 1.86. The van der Waals surface area contributed by atoms with Gasteiger partial charge < -0.3 is 15.1 Å². The van der Waals surface area contributed by atoms with E-state index in [4.69, 9.17) is 0 Å². The monoisotopic (exact) mass is 354 g/mol. The van der Waals surface area contributed by atoms with Crippen molar-refractivity contribution in [2.75, 3.05) is 7.05 Å². The van der Waals surface area contributed by atoms with Crippen molar-refractivity contribution in [3.05, 3.63) is 59.9 Å². The SMILES string of the molecule is CN(C(=O)CCc1ccccc1)C1CCC(O)(c2ccc(O)cn2)CC1. The van der Waals surface area contributed by atoms with Crippen LogP contribution in [0.5, 0.6) is 5.75 Å². The molecule has 1 aliphatic carbocycles. The highest BCUT2D eigenvalue weighted by molar-refractivity contribution is 5.76. The van der Waals surface area contributed by atoms with Gasteiger partial charge in [0.05, 0.1) is 11.9 Å². The van der Waals surface area contributed by atoms with E-state index in [1.807, 2.05) is 42.3 Å². The summed E-state index contributed by atoms with van der Waals surface area (Å²) in [6, 6.07) is 13.4. The Kier molecular flexibility index (Phi) is 5.57. The van der Waals surface area contributed by atoms with Crippen LogP contribution >= 0.6 is 0 Å². The quantitative estimate of drug-likeness (QED) is 0.866. The second kappa shape index (κ2) is 7.87. The molecular formula is C21H26N2O3. The van der Waals surface area contributed by atoms with Crippen LogP contribution in [0.25, 0.3) is 0 Å². The van der Waals surface area contributed by atoms with Crippen molar-refractivity contribution < 1.29 is 15.0 Å². The van der Waals surface area contributed by atoms with Crippen molar-refractivity contribution >= 4 is 5.91 Å². The Hall–Kier alpha value is -2.40. The van der Waals surface area contributed by atoms with Gasteiger partial charge in [0.25, 0.3) is 0 Å². The molecule has 2 N–H and O–H groups in total. The molecule has 0 aliphatic heterocycles. The number of hydrogen-bond donors (Lipinski definition) is 2. The van der Waals surface area contributed by atoms with E-state index in [9.17, 15) is 15.0 Å². The Morgan fingerprint density at radius 1 is 1.19 bits per heavy atom. The summed E-state index contributed by atoms with van der Waals surface area (Å²) in [5, 5.41) is 20.2. The molecule has 0 saturated heterocycles. The molecule has 1 aromatic carbocycles. The van der Waals surface area contributed by atoms with Crippen molar-refractivity contribution in [1.29, 1.82) is 0 Å². The molecule has 3 rings (SSSR count). The number of carbonyl (C=O) groups is 1. The summed E-state index contributed by atoms with van der Waals surface area (Å²) in [6.45, 7) is 0. The Morgan fingerprint density at radius 3 is 2.50 bits per heavy atom. The van der Waals surface area contributed by atoms with Crippen molar-refractivity contribution in [3.8, 4) is 5.75 Å². The zero-order valence-corrected chi connectivity index (χ0v) is 15.1. The first-order valence-corrected chi connectivity index (χ1v) is 9.15. The number of carbonyl (C=O) groups excluding carboxylic acids is 1. The number of nitrogens with zero attached hydrogens (tertiary/aromatic N) is 2. The number of aryl methyl sites for hydroxylation is 1. The summed E-state index contributed by atoms with van der Waals surface area (Å²) in [5.74, 6) is 0.238. The molecule has 0 bridgehead atoms. The average Bonchev–Trinajstić information content (AvgIpc) is 2.67. The van der Waals surface area contributed by atoms with E-state index in [0.717, 1.165) is 19.3 Å². The van der Waals surface area contributed by atoms with Crippen LogP contribution in [0.15, 0.2) is 48.7 Å². The van der Waals surface area contributed by atoms with Gasteiger partial charge in [-0.15, -0.1) is 0 Å². The predicted octanol–water partition coefficient (Wildman–Crippen LogP) is 3.01. The van der Waals surface area contributed by atoms with Gasteiger partial charge in [0.1, 0.15) is 11.4 Å². The van der Waals surface area contributed by atoms with Gasteiger partial charge >= 0.3 is 0 Å². The first kappa shape index (κ1) is 18.4. The van der Waals surface area contributed by atoms with Gasteiger partial charge in [-0.25, -0.2) is 0 Å². The minimum Gasteiger partial charge on any atom is -0.506 e. The first-order valence-electron chi connectivity index (χ1n) is 9.15. The first-order chi connectivity index (χ1) is 12.5. The molecule has 5 nitrogen and oxygen atoms in total. The maximum Gasteiger partial charge on any atom is 0.222 e. The van der Waals surface area contributed by atoms with Crippen LogP contribution < -0.4 is 0 Å². The summed E-state index contributed by atoms with van der Waals surface area (Å²) in [5.41, 5.74) is 0.787. The van der Waals surface area contributed by atoms with E-state index in [-0.39, 0.29) is 17.7 Å². The normalized spacial score (nSPS) is 22.8. The lowest BCUT2D eigenvalue weighted by Gasteiger charge is -2.39. The minimum absolute atomic E-state index is 0.0924. The molecule has 0 atom stereocenters. The number of aliphatic hydroxyl groups is 1. The minimum atomic E-state index is -0.974. The van der Waals surface area contributed by atoms with Gasteiger partial charge in [-0.3, -0.25) is 9.78 Å². The van der Waals surface area contributed by atoms with Crippen molar-refractivity contribution in [1.82, 2.24) is 9.88 Å². The molecule has 138 valence electrons. The molecule has 0 unspecified atom stereocenters. The molecule has 2 aromatic rings. The highest BCUT2D eigenvalue weighted by Crippen LogP contribution is 2.37. The standard InChI is InChI=1S/C21H26N2O3/c1-23(20(25)10-7-16-5-3-2-4-6-16)17-11-13-21(26,14-12-17)19-9-8-18(24)15-22-19/h2-6,8-9,15,17,24,26H,7,10-14H2,1H3. The van der Waals surface area contributed by atoms with Gasteiger partial charge in [0.2, 0.25) is 5.91 Å². The summed E-state index contributed by atoms with van der Waals surface area (Å²) in [4.78, 5) is 18.5. The van der Waals surface area contributed by atoms with Gasteiger partial charge in [0, 0.05) is 19.5 Å². The van der Waals surface area contributed by atoms with Crippen molar-refractivity contribution in [2.45, 2.75) is 50.2 Å². The third-order valence-electron chi connectivity index (χ3n) is 5.42. The number of aromatic nitrogens is 1. The fourth-order valence-corrected chi connectivity index (χ4v) is 3.66. The Labute approximate surface area is 154 Å². The summed E-state index contributed by atoms with van der Waals surface area (Å²) < 4.78 is 0. The van der Waals surface area contributed by atoms with Crippen molar-refractivity contribution in [3.63, 3.8) is 0 Å². The smallest absolute Gasteiger partial charge is 0.222 e. The van der Waals surface area contributed by atoms with E-state index in [2.05, 4.69) is 4.98 Å². The molecule has 1 aromatic heterocycles. The highest BCUT2D eigenvalue weighted by Gasteiger charge is 2.37. The molecule has 1 amide bonds. The lowest BCUT2D eigenvalue weighted by Crippen LogP contribution is -2.43. The third kappa shape index (κ3) is 4.22. The predicted molar refractivity (Wildman–Crippen MR) is 99.6 cm³/mol. The topological polar surface area (TPSA) is 73.7 Å². The largest absolute Gasteiger partial charge is 0.506 e. The van der Waals surface area contributed by atoms with Crippen LogP contribution in [0.2, 0.25) is 0 Å². The van der Waals surface area contributed by atoms with Crippen LogP contribution in [0.3, 0.4) is 0 Å². The summed E-state index contributed by atoms with van der Waals surface area (Å²) in [6.07, 6.45) is 5.22.